The van der Waals surface area contributed by atoms with Crippen LogP contribution in [-0.2, 0) is 21.4 Å². The quantitative estimate of drug-likeness (QED) is 0.394. The summed E-state index contributed by atoms with van der Waals surface area (Å²) >= 11 is 0. The number of hydrogen-bond donors (Lipinski definition) is 1. The molecule has 4 saturated carbocycles. The first-order valence-corrected chi connectivity index (χ1v) is 15.4. The van der Waals surface area contributed by atoms with Crippen LogP contribution in [0.15, 0.2) is 12.1 Å². The molecule has 2 spiro atoms. The van der Waals surface area contributed by atoms with Crippen molar-refractivity contribution in [2.24, 2.45) is 28.6 Å². The van der Waals surface area contributed by atoms with Gasteiger partial charge in [0.1, 0.15) is 11.7 Å². The first kappa shape index (κ1) is 26.3. The molecule has 5 aliphatic carbocycles. The van der Waals surface area contributed by atoms with Gasteiger partial charge >= 0.3 is 5.97 Å². The Labute approximate surface area is 233 Å². The Morgan fingerprint density at radius 1 is 1.18 bits per heavy atom. The summed E-state index contributed by atoms with van der Waals surface area (Å²) in [5.41, 5.74) is 0.554. The normalized spacial score (nSPS) is 39.8. The van der Waals surface area contributed by atoms with Crippen molar-refractivity contribution in [2.75, 3.05) is 20.2 Å². The summed E-state index contributed by atoms with van der Waals surface area (Å²) in [5.74, 6) is 1.63. The summed E-state index contributed by atoms with van der Waals surface area (Å²) < 4.78 is 19.8. The Kier molecular flexibility index (Phi) is 5.40. The van der Waals surface area contributed by atoms with Gasteiger partial charge in [0.2, 0.25) is 0 Å². The second kappa shape index (κ2) is 8.01. The highest BCUT2D eigenvalue weighted by Gasteiger charge is 2.82. The first-order chi connectivity index (χ1) is 18.3. The monoisotopic (exact) mass is 537 g/mol. The van der Waals surface area contributed by atoms with E-state index in [0.717, 1.165) is 50.3 Å². The van der Waals surface area contributed by atoms with Crippen LogP contribution in [0.4, 0.5) is 0 Å². The van der Waals surface area contributed by atoms with Crippen LogP contribution < -0.4 is 9.47 Å². The molecule has 1 N–H and O–H groups in total. The Morgan fingerprint density at radius 3 is 2.56 bits per heavy atom. The van der Waals surface area contributed by atoms with Gasteiger partial charge in [-0.15, -0.1) is 0 Å². The van der Waals surface area contributed by atoms with Gasteiger partial charge in [-0.3, -0.25) is 9.69 Å². The van der Waals surface area contributed by atoms with E-state index in [2.05, 4.69) is 31.7 Å². The Morgan fingerprint density at radius 2 is 1.92 bits per heavy atom. The van der Waals surface area contributed by atoms with Gasteiger partial charge in [-0.2, -0.15) is 0 Å². The van der Waals surface area contributed by atoms with E-state index in [4.69, 9.17) is 14.2 Å². The Hall–Kier alpha value is -1.63. The maximum atomic E-state index is 12.8. The molecule has 1 aromatic carbocycles. The summed E-state index contributed by atoms with van der Waals surface area (Å²) in [4.78, 5) is 15.6. The number of methoxy groups -OCH3 is 1. The number of benzene rings is 1. The molecule has 8 rings (SSSR count). The lowest BCUT2D eigenvalue weighted by molar-refractivity contribution is -0.312. The van der Waals surface area contributed by atoms with Crippen molar-refractivity contribution in [1.29, 1.82) is 0 Å². The molecule has 2 aliphatic heterocycles. The van der Waals surface area contributed by atoms with Gasteiger partial charge in [0.05, 0.1) is 11.5 Å². The molecule has 5 fully saturated rings. The third-order valence-electron chi connectivity index (χ3n) is 12.5. The Bertz CT molecular complexity index is 1210. The fourth-order valence-electron chi connectivity index (χ4n) is 9.88. The molecule has 0 radical (unpaired) electrons. The number of piperidine rings is 1. The fourth-order valence-corrected chi connectivity index (χ4v) is 9.88. The van der Waals surface area contributed by atoms with Gasteiger partial charge in [0.25, 0.3) is 0 Å². The van der Waals surface area contributed by atoms with Crippen molar-refractivity contribution in [1.82, 2.24) is 4.90 Å². The summed E-state index contributed by atoms with van der Waals surface area (Å²) in [6.45, 7) is 14.5. The predicted octanol–water partition coefficient (Wildman–Crippen LogP) is 5.27. The number of carbonyl (C=O) groups excluding carboxylic acids is 1. The highest BCUT2D eigenvalue weighted by molar-refractivity contribution is 5.76. The molecule has 1 saturated heterocycles. The van der Waals surface area contributed by atoms with E-state index in [1.165, 1.54) is 30.5 Å². The third kappa shape index (κ3) is 3.12. The van der Waals surface area contributed by atoms with Crippen LogP contribution in [0.3, 0.4) is 0 Å². The Balaban J connectivity index is 1.44. The van der Waals surface area contributed by atoms with E-state index in [0.29, 0.717) is 11.8 Å². The lowest BCUT2D eigenvalue weighted by Crippen LogP contribution is -2.83. The zero-order valence-electron chi connectivity index (χ0n) is 24.9. The number of rotatable bonds is 6. The third-order valence-corrected chi connectivity index (χ3v) is 12.5. The smallest absolute Gasteiger partial charge is 0.313 e. The van der Waals surface area contributed by atoms with E-state index in [1.807, 2.05) is 33.9 Å². The molecule has 6 heteroatoms. The second-order valence-electron chi connectivity index (χ2n) is 15.3. The molecule has 39 heavy (non-hydrogen) atoms. The molecule has 2 unspecified atom stereocenters. The number of carbonyl (C=O) groups is 1. The van der Waals surface area contributed by atoms with Crippen LogP contribution in [0.1, 0.15) is 91.2 Å². The highest BCUT2D eigenvalue weighted by Crippen LogP contribution is 2.78. The molecule has 214 valence electrons. The minimum absolute atomic E-state index is 0.01000. The maximum absolute atomic E-state index is 12.8. The van der Waals surface area contributed by atoms with E-state index in [-0.39, 0.29) is 40.2 Å². The molecule has 0 aromatic heterocycles. The zero-order chi connectivity index (χ0) is 27.8. The molecule has 7 aliphatic rings. The van der Waals surface area contributed by atoms with Gasteiger partial charge in [-0.05, 0) is 81.4 Å². The predicted molar refractivity (Wildman–Crippen MR) is 149 cm³/mol. The molecular weight excluding hydrogens is 490 g/mol. The minimum atomic E-state index is -0.945. The fraction of sp³-hybridized carbons (Fsp3) is 0.788. The van der Waals surface area contributed by atoms with Gasteiger partial charge in [-0.1, -0.05) is 40.7 Å². The second-order valence-corrected chi connectivity index (χ2v) is 15.3. The van der Waals surface area contributed by atoms with Crippen molar-refractivity contribution in [3.63, 3.8) is 0 Å². The van der Waals surface area contributed by atoms with E-state index in [1.54, 1.807) is 0 Å². The number of fused-ring (bicyclic) bond motifs is 2. The maximum Gasteiger partial charge on any atom is 0.313 e. The largest absolute Gasteiger partial charge is 0.482 e. The SMILES string of the molecule is CO[C@]12CCC3(C[C@@H]1[C@](C)(O)C(C)(C)C)[C@H]1Cc4ccc(OC(=O)C(C)C)c5c4C3(CCN1CC1CC1)[C@H]2O5. The van der Waals surface area contributed by atoms with E-state index < -0.39 is 11.2 Å². The molecule has 6 nitrogen and oxygen atoms in total. The molecular formula is C33H47NO5. The minimum Gasteiger partial charge on any atom is -0.482 e. The standard InChI is InChI=1S/C33H47NO5/c1-19(2)27(35)38-22-11-10-21-16-24-31-12-13-33(37-7,23(17-31)30(6,36)29(3,4)5)28-32(31,25(21)26(22)39-28)14-15-34(24)18-20-8-9-20/h10-11,19-20,23-24,28,36H,8-9,12-18H2,1-7H3/t23-,24-,28-,30+,31?,32?,33-/m1/s1. The zero-order valence-corrected chi connectivity index (χ0v) is 24.9. The van der Waals surface area contributed by atoms with Crippen LogP contribution in [0.25, 0.3) is 0 Å². The lowest BCUT2D eigenvalue weighted by Gasteiger charge is -2.75. The van der Waals surface area contributed by atoms with Gasteiger partial charge in [0, 0.05) is 42.0 Å². The summed E-state index contributed by atoms with van der Waals surface area (Å²) in [5, 5.41) is 12.4. The molecule has 4 bridgehead atoms. The summed E-state index contributed by atoms with van der Waals surface area (Å²) in [6.07, 6.45) is 7.41. The van der Waals surface area contributed by atoms with Gasteiger partial charge in [-0.25, -0.2) is 0 Å². The van der Waals surface area contributed by atoms with Crippen LogP contribution in [-0.4, -0.2) is 59.5 Å². The summed E-state index contributed by atoms with van der Waals surface area (Å²) in [7, 11) is 1.83. The number of likely N-dealkylation sites (tertiary alicyclic amines) is 1. The van der Waals surface area contributed by atoms with Crippen molar-refractivity contribution in [3.8, 4) is 11.5 Å². The average Bonchev–Trinajstić information content (AvgIpc) is 3.62. The van der Waals surface area contributed by atoms with Crippen LogP contribution in [0.2, 0.25) is 0 Å². The number of esters is 1. The van der Waals surface area contributed by atoms with Crippen molar-refractivity contribution < 1.29 is 24.1 Å². The number of ether oxygens (including phenoxy) is 3. The molecule has 2 heterocycles. The number of aliphatic hydroxyl groups is 1. The highest BCUT2D eigenvalue weighted by atomic mass is 16.6. The average molecular weight is 538 g/mol. The van der Waals surface area contributed by atoms with Crippen molar-refractivity contribution >= 4 is 5.97 Å². The number of nitrogens with zero attached hydrogens (tertiary/aromatic N) is 1. The first-order valence-electron chi connectivity index (χ1n) is 15.4. The molecule has 0 amide bonds. The van der Waals surface area contributed by atoms with Gasteiger partial charge < -0.3 is 19.3 Å². The lowest BCUT2D eigenvalue weighted by atomic mass is 9.33. The summed E-state index contributed by atoms with van der Waals surface area (Å²) in [6, 6.07) is 4.60. The molecule has 7 atom stereocenters. The van der Waals surface area contributed by atoms with E-state index >= 15 is 0 Å². The molecule has 1 aromatic rings. The van der Waals surface area contributed by atoms with Crippen LogP contribution >= 0.6 is 0 Å². The van der Waals surface area contributed by atoms with Gasteiger partial charge in [0.15, 0.2) is 11.5 Å². The van der Waals surface area contributed by atoms with Crippen LogP contribution in [0, 0.1) is 28.6 Å². The van der Waals surface area contributed by atoms with Crippen molar-refractivity contribution in [3.05, 3.63) is 23.3 Å². The van der Waals surface area contributed by atoms with Crippen molar-refractivity contribution in [2.45, 2.75) is 115 Å². The number of hydrogen-bond acceptors (Lipinski definition) is 6. The van der Waals surface area contributed by atoms with Crippen LogP contribution in [0.5, 0.6) is 11.5 Å². The van der Waals surface area contributed by atoms with E-state index in [9.17, 15) is 9.90 Å². The topological polar surface area (TPSA) is 68.2 Å².